The first-order chi connectivity index (χ1) is 7.81. The molecule has 1 aromatic heterocycles. The van der Waals surface area contributed by atoms with Gasteiger partial charge in [-0.15, -0.1) is 0 Å². The summed E-state index contributed by atoms with van der Waals surface area (Å²) in [4.78, 5) is 8.40. The van der Waals surface area contributed by atoms with E-state index in [-0.39, 0.29) is 5.96 Å². The number of aromatic nitrogens is 1. The van der Waals surface area contributed by atoms with Crippen molar-refractivity contribution in [3.05, 3.63) is 42.1 Å². The highest BCUT2D eigenvalue weighted by Gasteiger charge is 2.00. The summed E-state index contributed by atoms with van der Waals surface area (Å²) in [5.74, 6) is 5.34. The minimum atomic E-state index is 0.216. The van der Waals surface area contributed by atoms with Gasteiger partial charge in [0.05, 0.1) is 12.1 Å². The molecule has 2 aromatic rings. The van der Waals surface area contributed by atoms with E-state index < -0.39 is 0 Å². The minimum Gasteiger partial charge on any atom is -0.369 e. The summed E-state index contributed by atoms with van der Waals surface area (Å²) in [6, 6.07) is 9.88. The Kier molecular flexibility index (Phi) is 2.98. The van der Waals surface area contributed by atoms with Crippen LogP contribution in [0.15, 0.2) is 41.5 Å². The molecule has 0 saturated heterocycles. The van der Waals surface area contributed by atoms with Gasteiger partial charge in [-0.1, -0.05) is 24.3 Å². The third kappa shape index (κ3) is 2.09. The number of hydrazine groups is 1. The Morgan fingerprint density at radius 2 is 2.12 bits per heavy atom. The number of hydrogen-bond acceptors (Lipinski definition) is 3. The van der Waals surface area contributed by atoms with Crippen LogP contribution in [0.2, 0.25) is 0 Å². The summed E-state index contributed by atoms with van der Waals surface area (Å²) in [6.45, 7) is 0.463. The van der Waals surface area contributed by atoms with Gasteiger partial charge in [0, 0.05) is 11.6 Å². The quantitative estimate of drug-likeness (QED) is 0.295. The van der Waals surface area contributed by atoms with Gasteiger partial charge in [0.2, 0.25) is 5.96 Å². The van der Waals surface area contributed by atoms with Crippen LogP contribution < -0.4 is 17.0 Å². The molecule has 0 aliphatic rings. The van der Waals surface area contributed by atoms with Crippen molar-refractivity contribution in [2.24, 2.45) is 16.6 Å². The lowest BCUT2D eigenvalue weighted by Crippen LogP contribution is -2.37. The van der Waals surface area contributed by atoms with Crippen molar-refractivity contribution >= 4 is 16.9 Å². The lowest BCUT2D eigenvalue weighted by molar-refractivity contribution is 0.960. The average Bonchev–Trinajstić information content (AvgIpc) is 2.35. The Morgan fingerprint density at radius 1 is 1.31 bits per heavy atom. The van der Waals surface area contributed by atoms with E-state index in [0.29, 0.717) is 6.54 Å². The molecule has 1 aromatic carbocycles. The molecule has 0 unspecified atom stereocenters. The first-order valence-corrected chi connectivity index (χ1v) is 4.90. The molecule has 0 saturated carbocycles. The van der Waals surface area contributed by atoms with E-state index in [1.54, 1.807) is 6.20 Å². The van der Waals surface area contributed by atoms with Gasteiger partial charge in [0.15, 0.2) is 0 Å². The van der Waals surface area contributed by atoms with Gasteiger partial charge in [-0.2, -0.15) is 0 Å². The topological polar surface area (TPSA) is 89.3 Å². The summed E-state index contributed by atoms with van der Waals surface area (Å²) >= 11 is 0. The third-order valence-corrected chi connectivity index (χ3v) is 2.28. The van der Waals surface area contributed by atoms with Crippen LogP contribution in [0, 0.1) is 0 Å². The van der Waals surface area contributed by atoms with E-state index in [0.717, 1.165) is 16.5 Å². The molecule has 82 valence electrons. The van der Waals surface area contributed by atoms with Gasteiger partial charge in [-0.25, -0.2) is 10.8 Å². The van der Waals surface area contributed by atoms with Gasteiger partial charge >= 0.3 is 0 Å². The van der Waals surface area contributed by atoms with Crippen LogP contribution in [0.5, 0.6) is 0 Å². The molecule has 0 aliphatic carbocycles. The molecule has 0 fully saturated rings. The molecular weight excluding hydrogens is 202 g/mol. The SMILES string of the molecule is NNC(N)=NCc1cccc2cccnc12. The molecule has 0 amide bonds. The Bertz CT molecular complexity index is 515. The fourth-order valence-electron chi connectivity index (χ4n) is 1.51. The highest BCUT2D eigenvalue weighted by molar-refractivity contribution is 5.82. The number of rotatable bonds is 2. The monoisotopic (exact) mass is 215 g/mol. The number of nitrogens with two attached hydrogens (primary N) is 2. The van der Waals surface area contributed by atoms with E-state index in [1.807, 2.05) is 30.3 Å². The second kappa shape index (κ2) is 4.59. The predicted octanol–water partition coefficient (Wildman–Crippen LogP) is 0.513. The number of guanidine groups is 1. The molecule has 0 atom stereocenters. The molecular formula is C11H13N5. The minimum absolute atomic E-state index is 0.216. The molecule has 5 nitrogen and oxygen atoms in total. The molecule has 1 heterocycles. The smallest absolute Gasteiger partial charge is 0.203 e. The lowest BCUT2D eigenvalue weighted by atomic mass is 10.1. The highest BCUT2D eigenvalue weighted by atomic mass is 15.3. The van der Waals surface area contributed by atoms with Crippen molar-refractivity contribution in [1.29, 1.82) is 0 Å². The summed E-state index contributed by atoms with van der Waals surface area (Å²) < 4.78 is 0. The Labute approximate surface area is 93.2 Å². The Balaban J connectivity index is 2.37. The number of aliphatic imine (C=N–C) groups is 1. The summed E-state index contributed by atoms with van der Waals surface area (Å²) in [6.07, 6.45) is 1.76. The zero-order valence-electron chi connectivity index (χ0n) is 8.72. The van der Waals surface area contributed by atoms with Crippen LogP contribution in [0.3, 0.4) is 0 Å². The third-order valence-electron chi connectivity index (χ3n) is 2.28. The van der Waals surface area contributed by atoms with Crippen molar-refractivity contribution in [3.8, 4) is 0 Å². The fourth-order valence-corrected chi connectivity index (χ4v) is 1.51. The van der Waals surface area contributed by atoms with E-state index in [4.69, 9.17) is 11.6 Å². The maximum Gasteiger partial charge on any atom is 0.203 e. The summed E-state index contributed by atoms with van der Waals surface area (Å²) in [5, 5.41) is 1.09. The van der Waals surface area contributed by atoms with E-state index in [9.17, 15) is 0 Å². The maximum atomic E-state index is 5.46. The number of nitrogens with zero attached hydrogens (tertiary/aromatic N) is 2. The van der Waals surface area contributed by atoms with Crippen molar-refractivity contribution in [3.63, 3.8) is 0 Å². The van der Waals surface area contributed by atoms with Crippen molar-refractivity contribution in [2.75, 3.05) is 0 Å². The van der Waals surface area contributed by atoms with Crippen LogP contribution in [-0.2, 0) is 6.54 Å². The largest absolute Gasteiger partial charge is 0.369 e. The molecule has 0 aliphatic heterocycles. The van der Waals surface area contributed by atoms with Gasteiger partial charge in [-0.3, -0.25) is 10.4 Å². The zero-order chi connectivity index (χ0) is 11.4. The predicted molar refractivity (Wildman–Crippen MR) is 64.4 cm³/mol. The first kappa shape index (κ1) is 10.4. The van der Waals surface area contributed by atoms with Crippen molar-refractivity contribution in [1.82, 2.24) is 10.4 Å². The fraction of sp³-hybridized carbons (Fsp3) is 0.0909. The molecule has 0 spiro atoms. The van der Waals surface area contributed by atoms with E-state index >= 15 is 0 Å². The first-order valence-electron chi connectivity index (χ1n) is 4.90. The van der Waals surface area contributed by atoms with E-state index in [1.165, 1.54) is 0 Å². The molecule has 5 N–H and O–H groups in total. The average molecular weight is 215 g/mol. The van der Waals surface area contributed by atoms with Gasteiger partial charge in [0.1, 0.15) is 0 Å². The van der Waals surface area contributed by atoms with Gasteiger partial charge in [-0.05, 0) is 11.6 Å². The van der Waals surface area contributed by atoms with Crippen LogP contribution in [0.1, 0.15) is 5.56 Å². The number of para-hydroxylation sites is 1. The standard InChI is InChI=1S/C11H13N5/c12-11(16-13)15-7-9-4-1-3-8-5-2-6-14-10(8)9/h1-6H,7,13H2,(H3,12,15,16). The van der Waals surface area contributed by atoms with Gasteiger partial charge in [0.25, 0.3) is 0 Å². The number of hydrogen-bond donors (Lipinski definition) is 3. The second-order valence-electron chi connectivity index (χ2n) is 3.34. The normalized spacial score (nSPS) is 11.7. The van der Waals surface area contributed by atoms with Crippen LogP contribution in [0.4, 0.5) is 0 Å². The molecule has 5 heteroatoms. The summed E-state index contributed by atoms with van der Waals surface area (Å²) in [7, 11) is 0. The highest BCUT2D eigenvalue weighted by Crippen LogP contribution is 2.16. The van der Waals surface area contributed by atoms with Crippen LogP contribution >= 0.6 is 0 Å². The maximum absolute atomic E-state index is 5.46. The second-order valence-corrected chi connectivity index (χ2v) is 3.34. The van der Waals surface area contributed by atoms with Crippen molar-refractivity contribution in [2.45, 2.75) is 6.54 Å². The van der Waals surface area contributed by atoms with Gasteiger partial charge < -0.3 is 5.73 Å². The number of benzene rings is 1. The Hall–Kier alpha value is -2.14. The molecule has 0 radical (unpaired) electrons. The molecule has 2 rings (SSSR count). The number of nitrogens with one attached hydrogen (secondary N) is 1. The van der Waals surface area contributed by atoms with E-state index in [2.05, 4.69) is 15.4 Å². The molecule has 16 heavy (non-hydrogen) atoms. The van der Waals surface area contributed by atoms with Crippen LogP contribution in [-0.4, -0.2) is 10.9 Å². The lowest BCUT2D eigenvalue weighted by Gasteiger charge is -2.03. The summed E-state index contributed by atoms with van der Waals surface area (Å²) in [5.41, 5.74) is 9.72. The molecule has 0 bridgehead atoms. The number of fused-ring (bicyclic) bond motifs is 1. The van der Waals surface area contributed by atoms with Crippen LogP contribution in [0.25, 0.3) is 10.9 Å². The number of pyridine rings is 1. The Morgan fingerprint density at radius 3 is 2.94 bits per heavy atom. The van der Waals surface area contributed by atoms with Crippen molar-refractivity contribution < 1.29 is 0 Å². The zero-order valence-corrected chi connectivity index (χ0v) is 8.72.